The minimum Gasteiger partial charge on any atom is -0.467 e. The van der Waals surface area contributed by atoms with Crippen LogP contribution in [0.1, 0.15) is 12.5 Å². The lowest BCUT2D eigenvalue weighted by Crippen LogP contribution is -2.30. The van der Waals surface area contributed by atoms with E-state index in [1.54, 1.807) is 12.1 Å². The van der Waals surface area contributed by atoms with Gasteiger partial charge in [0.2, 0.25) is 0 Å². The third-order valence-electron chi connectivity index (χ3n) is 5.11. The van der Waals surface area contributed by atoms with E-state index in [1.807, 2.05) is 37.3 Å². The SMILES string of the molecule is CCO[C@@H](Cc1ccc(-c2cccc(N(C)C(=O)Oc3ccc([N+](=O)[O-])cc3)n2)cc1)C(=O)OC. The average molecular weight is 479 g/mol. The van der Waals surface area contributed by atoms with Crippen LogP contribution in [0.4, 0.5) is 16.3 Å². The quantitative estimate of drug-likeness (QED) is 0.251. The maximum atomic E-state index is 12.5. The molecule has 1 atom stereocenters. The highest BCUT2D eigenvalue weighted by atomic mass is 16.6. The number of ether oxygens (including phenoxy) is 3. The van der Waals surface area contributed by atoms with E-state index in [0.29, 0.717) is 24.5 Å². The van der Waals surface area contributed by atoms with Crippen LogP contribution in [0.15, 0.2) is 66.7 Å². The van der Waals surface area contributed by atoms with E-state index in [0.717, 1.165) is 11.1 Å². The van der Waals surface area contributed by atoms with Gasteiger partial charge in [-0.15, -0.1) is 0 Å². The topological polar surface area (TPSA) is 121 Å². The van der Waals surface area contributed by atoms with Gasteiger partial charge >= 0.3 is 12.1 Å². The number of methoxy groups -OCH3 is 1. The number of nitrogens with zero attached hydrogens (tertiary/aromatic N) is 3. The smallest absolute Gasteiger partial charge is 0.420 e. The van der Waals surface area contributed by atoms with E-state index >= 15 is 0 Å². The summed E-state index contributed by atoms with van der Waals surface area (Å²) in [6, 6.07) is 18.0. The summed E-state index contributed by atoms with van der Waals surface area (Å²) in [7, 11) is 2.85. The summed E-state index contributed by atoms with van der Waals surface area (Å²) in [6.45, 7) is 2.21. The zero-order chi connectivity index (χ0) is 25.4. The molecule has 0 spiro atoms. The van der Waals surface area contributed by atoms with Gasteiger partial charge in [0.05, 0.1) is 17.7 Å². The Morgan fingerprint density at radius 1 is 1.06 bits per heavy atom. The fourth-order valence-electron chi connectivity index (χ4n) is 3.24. The fourth-order valence-corrected chi connectivity index (χ4v) is 3.24. The molecule has 0 bridgehead atoms. The van der Waals surface area contributed by atoms with E-state index < -0.39 is 23.1 Å². The lowest BCUT2D eigenvalue weighted by atomic mass is 10.0. The normalized spacial score (nSPS) is 11.4. The monoisotopic (exact) mass is 479 g/mol. The summed E-state index contributed by atoms with van der Waals surface area (Å²) in [5, 5.41) is 10.8. The van der Waals surface area contributed by atoms with Gasteiger partial charge in [0.25, 0.3) is 5.69 Å². The number of pyridine rings is 1. The van der Waals surface area contributed by atoms with Crippen molar-refractivity contribution < 1.29 is 28.7 Å². The minimum atomic E-state index is -0.691. The van der Waals surface area contributed by atoms with E-state index in [4.69, 9.17) is 14.2 Å². The van der Waals surface area contributed by atoms with E-state index in [2.05, 4.69) is 4.98 Å². The molecular formula is C25H25N3O7. The molecule has 0 unspecified atom stereocenters. The molecule has 0 radical (unpaired) electrons. The second-order valence-electron chi connectivity index (χ2n) is 7.43. The molecule has 0 N–H and O–H groups in total. The highest BCUT2D eigenvalue weighted by molar-refractivity contribution is 5.87. The molecule has 1 aromatic heterocycles. The molecule has 0 saturated heterocycles. The second-order valence-corrected chi connectivity index (χ2v) is 7.43. The van der Waals surface area contributed by atoms with Gasteiger partial charge in [-0.25, -0.2) is 14.6 Å². The first-order chi connectivity index (χ1) is 16.8. The van der Waals surface area contributed by atoms with Gasteiger partial charge < -0.3 is 14.2 Å². The van der Waals surface area contributed by atoms with Crippen LogP contribution in [0.5, 0.6) is 5.75 Å². The Hall–Kier alpha value is -4.31. The van der Waals surface area contributed by atoms with E-state index in [-0.39, 0.29) is 11.4 Å². The molecule has 2 aromatic carbocycles. The molecule has 0 aliphatic rings. The minimum absolute atomic E-state index is 0.0998. The Labute approximate surface area is 202 Å². The van der Waals surface area contributed by atoms with Crippen molar-refractivity contribution in [2.45, 2.75) is 19.4 Å². The third-order valence-corrected chi connectivity index (χ3v) is 5.11. The molecule has 0 aliphatic carbocycles. The summed E-state index contributed by atoms with van der Waals surface area (Å²) < 4.78 is 15.6. The van der Waals surface area contributed by atoms with Crippen LogP contribution in [-0.4, -0.2) is 48.8 Å². The number of anilines is 1. The number of nitro benzene ring substituents is 1. The van der Waals surface area contributed by atoms with Crippen molar-refractivity contribution in [3.63, 3.8) is 0 Å². The van der Waals surface area contributed by atoms with Crippen molar-refractivity contribution in [2.75, 3.05) is 25.7 Å². The molecule has 10 nitrogen and oxygen atoms in total. The van der Waals surface area contributed by atoms with Gasteiger partial charge in [0.15, 0.2) is 6.10 Å². The number of hydrogen-bond donors (Lipinski definition) is 0. The molecule has 182 valence electrons. The number of hydrogen-bond acceptors (Lipinski definition) is 8. The van der Waals surface area contributed by atoms with Crippen LogP contribution in [0.25, 0.3) is 11.3 Å². The van der Waals surface area contributed by atoms with Crippen molar-refractivity contribution in [3.05, 3.63) is 82.4 Å². The van der Waals surface area contributed by atoms with Crippen LogP contribution in [0.3, 0.4) is 0 Å². The zero-order valence-electron chi connectivity index (χ0n) is 19.5. The third kappa shape index (κ3) is 6.61. The fraction of sp³-hybridized carbons (Fsp3) is 0.240. The first kappa shape index (κ1) is 25.3. The Kier molecular flexibility index (Phi) is 8.47. The predicted octanol–water partition coefficient (Wildman–Crippen LogP) is 4.41. The Morgan fingerprint density at radius 2 is 1.74 bits per heavy atom. The van der Waals surface area contributed by atoms with Crippen LogP contribution >= 0.6 is 0 Å². The lowest BCUT2D eigenvalue weighted by Gasteiger charge is -2.17. The number of rotatable bonds is 9. The molecule has 3 aromatic rings. The first-order valence-electron chi connectivity index (χ1n) is 10.8. The lowest BCUT2D eigenvalue weighted by molar-refractivity contribution is -0.384. The number of nitro groups is 1. The number of carbonyl (C=O) groups excluding carboxylic acids is 2. The molecule has 10 heteroatoms. The largest absolute Gasteiger partial charge is 0.467 e. The number of benzene rings is 2. The van der Waals surface area contributed by atoms with Gasteiger partial charge in [-0.05, 0) is 36.8 Å². The molecular weight excluding hydrogens is 454 g/mol. The van der Waals surface area contributed by atoms with E-state index in [1.165, 1.54) is 43.3 Å². The number of aromatic nitrogens is 1. The van der Waals surface area contributed by atoms with Crippen molar-refractivity contribution in [1.82, 2.24) is 4.98 Å². The van der Waals surface area contributed by atoms with E-state index in [9.17, 15) is 19.7 Å². The maximum Gasteiger partial charge on any atom is 0.420 e. The average Bonchev–Trinajstić information content (AvgIpc) is 2.88. The van der Waals surface area contributed by atoms with Crippen molar-refractivity contribution in [3.8, 4) is 17.0 Å². The molecule has 1 heterocycles. The van der Waals surface area contributed by atoms with Crippen LogP contribution in [0.2, 0.25) is 0 Å². The molecule has 1 amide bonds. The van der Waals surface area contributed by atoms with Gasteiger partial charge in [-0.3, -0.25) is 15.0 Å². The number of non-ortho nitro benzene ring substituents is 1. The van der Waals surface area contributed by atoms with Gasteiger partial charge in [0, 0.05) is 37.8 Å². The summed E-state index contributed by atoms with van der Waals surface area (Å²) >= 11 is 0. The highest BCUT2D eigenvalue weighted by Gasteiger charge is 2.20. The summed E-state index contributed by atoms with van der Waals surface area (Å²) in [5.41, 5.74) is 2.26. The Morgan fingerprint density at radius 3 is 2.34 bits per heavy atom. The maximum absolute atomic E-state index is 12.5. The van der Waals surface area contributed by atoms with Crippen LogP contribution < -0.4 is 9.64 Å². The van der Waals surface area contributed by atoms with Crippen LogP contribution in [-0.2, 0) is 20.7 Å². The Balaban J connectivity index is 1.70. The summed E-state index contributed by atoms with van der Waals surface area (Å²) in [6.07, 6.45) is -0.984. The molecule has 0 fully saturated rings. The molecule has 0 saturated carbocycles. The molecule has 35 heavy (non-hydrogen) atoms. The number of amides is 1. The van der Waals surface area contributed by atoms with Crippen molar-refractivity contribution in [1.29, 1.82) is 0 Å². The second kappa shape index (κ2) is 11.7. The van der Waals surface area contributed by atoms with Crippen LogP contribution in [0, 0.1) is 10.1 Å². The highest BCUT2D eigenvalue weighted by Crippen LogP contribution is 2.23. The predicted molar refractivity (Wildman–Crippen MR) is 128 cm³/mol. The molecule has 0 aliphatic heterocycles. The number of esters is 1. The van der Waals surface area contributed by atoms with Crippen molar-refractivity contribution >= 4 is 23.6 Å². The Bertz CT molecular complexity index is 1180. The van der Waals surface area contributed by atoms with Gasteiger partial charge in [-0.1, -0.05) is 30.3 Å². The van der Waals surface area contributed by atoms with Crippen molar-refractivity contribution in [2.24, 2.45) is 0 Å². The standard InChI is InChI=1S/C25H25N3O7/c1-4-34-22(24(29)33-3)16-17-8-10-18(11-9-17)21-6-5-7-23(26-21)27(2)25(30)35-20-14-12-19(13-15-20)28(31)32/h5-15,22H,4,16H2,1-3H3/t22-/m0/s1. The first-order valence-corrected chi connectivity index (χ1v) is 10.8. The summed E-state index contributed by atoms with van der Waals surface area (Å²) in [5.74, 6) is 0.117. The summed E-state index contributed by atoms with van der Waals surface area (Å²) in [4.78, 5) is 40.4. The number of carbonyl (C=O) groups is 2. The molecule has 3 rings (SSSR count). The zero-order valence-corrected chi connectivity index (χ0v) is 19.5. The van der Waals surface area contributed by atoms with Gasteiger partial charge in [0.1, 0.15) is 11.6 Å². The van der Waals surface area contributed by atoms with Gasteiger partial charge in [-0.2, -0.15) is 0 Å².